The first kappa shape index (κ1) is 25.6. The van der Waals surface area contributed by atoms with E-state index in [9.17, 15) is 18.0 Å². The number of halogens is 1. The summed E-state index contributed by atoms with van der Waals surface area (Å²) in [7, 11) is -2.32. The second-order valence-electron chi connectivity index (χ2n) is 6.95. The Labute approximate surface area is 193 Å². The first-order chi connectivity index (χ1) is 15.0. The first-order valence-electron chi connectivity index (χ1n) is 10.0. The third-order valence-corrected chi connectivity index (χ3v) is 7.25. The van der Waals surface area contributed by atoms with Crippen molar-refractivity contribution in [3.05, 3.63) is 52.5 Å². The van der Waals surface area contributed by atoms with E-state index in [4.69, 9.17) is 21.1 Å². The summed E-state index contributed by atoms with van der Waals surface area (Å²) in [5.41, 5.74) is 0.865. The van der Waals surface area contributed by atoms with Crippen LogP contribution in [0.1, 0.15) is 36.7 Å². The molecule has 0 aliphatic rings. The van der Waals surface area contributed by atoms with Gasteiger partial charge in [0.2, 0.25) is 10.0 Å². The average molecular weight is 483 g/mol. The molecule has 0 bridgehead atoms. The summed E-state index contributed by atoms with van der Waals surface area (Å²) in [5, 5.41) is 3.00. The number of ether oxygens (including phenoxy) is 2. The molecule has 174 valence electrons. The smallest absolute Gasteiger partial charge is 0.338 e. The number of carbonyl (C=O) groups excluding carboxylic acids is 2. The minimum Gasteiger partial charge on any atom is -0.495 e. The third-order valence-electron chi connectivity index (χ3n) is 4.82. The van der Waals surface area contributed by atoms with Gasteiger partial charge in [-0.1, -0.05) is 31.5 Å². The topological polar surface area (TPSA) is 102 Å². The van der Waals surface area contributed by atoms with Gasteiger partial charge in [-0.15, -0.1) is 0 Å². The maximum atomic E-state index is 12.9. The van der Waals surface area contributed by atoms with E-state index in [1.165, 1.54) is 42.6 Å². The van der Waals surface area contributed by atoms with Gasteiger partial charge in [0, 0.05) is 18.1 Å². The van der Waals surface area contributed by atoms with Gasteiger partial charge in [-0.2, -0.15) is 4.31 Å². The molecule has 2 aromatic carbocycles. The predicted molar refractivity (Wildman–Crippen MR) is 123 cm³/mol. The maximum absolute atomic E-state index is 12.9. The van der Waals surface area contributed by atoms with Crippen LogP contribution in [-0.2, 0) is 19.6 Å². The molecular weight excluding hydrogens is 456 g/mol. The molecule has 2 rings (SSSR count). The van der Waals surface area contributed by atoms with Gasteiger partial charge in [-0.3, -0.25) is 4.79 Å². The molecule has 0 radical (unpaired) electrons. The number of hydrogen-bond acceptors (Lipinski definition) is 6. The molecule has 0 saturated carbocycles. The minimum atomic E-state index is -3.77. The van der Waals surface area contributed by atoms with Crippen LogP contribution in [-0.4, -0.2) is 50.9 Å². The Hall–Kier alpha value is -2.62. The molecule has 1 N–H and O–H groups in total. The molecule has 0 saturated heterocycles. The SMILES string of the molecule is CCN(CC)S(=O)(=O)c1cc(C(=O)O[C@H](C)C(=O)Nc2cc(Cl)ccc2OC)ccc1C. The minimum absolute atomic E-state index is 0.0245. The van der Waals surface area contributed by atoms with Gasteiger partial charge < -0.3 is 14.8 Å². The van der Waals surface area contributed by atoms with Crippen molar-refractivity contribution in [3.8, 4) is 5.75 Å². The Morgan fingerprint density at radius 2 is 1.78 bits per heavy atom. The van der Waals surface area contributed by atoms with Crippen molar-refractivity contribution in [2.75, 3.05) is 25.5 Å². The molecule has 0 heterocycles. The van der Waals surface area contributed by atoms with Gasteiger partial charge in [0.25, 0.3) is 5.91 Å². The van der Waals surface area contributed by atoms with E-state index in [1.54, 1.807) is 32.9 Å². The number of anilines is 1. The van der Waals surface area contributed by atoms with Gasteiger partial charge in [0.05, 0.1) is 23.3 Å². The number of nitrogens with zero attached hydrogens (tertiary/aromatic N) is 1. The Kier molecular flexibility index (Phi) is 8.65. The molecule has 32 heavy (non-hydrogen) atoms. The summed E-state index contributed by atoms with van der Waals surface area (Å²) in [6.45, 7) is 7.15. The zero-order chi connectivity index (χ0) is 24.1. The van der Waals surface area contributed by atoms with Crippen molar-refractivity contribution >= 4 is 39.2 Å². The number of carbonyl (C=O) groups is 2. The lowest BCUT2D eigenvalue weighted by Crippen LogP contribution is -2.32. The highest BCUT2D eigenvalue weighted by Crippen LogP contribution is 2.28. The van der Waals surface area contributed by atoms with Crippen molar-refractivity contribution in [2.24, 2.45) is 0 Å². The summed E-state index contributed by atoms with van der Waals surface area (Å²) >= 11 is 5.96. The maximum Gasteiger partial charge on any atom is 0.338 e. The fourth-order valence-corrected chi connectivity index (χ4v) is 4.88. The molecule has 0 aromatic heterocycles. The van der Waals surface area contributed by atoms with Crippen LogP contribution in [0.4, 0.5) is 5.69 Å². The molecule has 0 unspecified atom stereocenters. The molecule has 1 amide bonds. The lowest BCUT2D eigenvalue weighted by atomic mass is 10.1. The van der Waals surface area contributed by atoms with E-state index in [1.807, 2.05) is 0 Å². The van der Waals surface area contributed by atoms with Gasteiger partial charge in [-0.05, 0) is 49.7 Å². The highest BCUT2D eigenvalue weighted by atomic mass is 35.5. The third kappa shape index (κ3) is 5.79. The summed E-state index contributed by atoms with van der Waals surface area (Å²) in [6, 6.07) is 8.99. The molecule has 0 aliphatic carbocycles. The van der Waals surface area contributed by atoms with Gasteiger partial charge in [-0.25, -0.2) is 13.2 Å². The number of methoxy groups -OCH3 is 1. The Balaban J connectivity index is 2.20. The lowest BCUT2D eigenvalue weighted by Gasteiger charge is -2.20. The molecule has 8 nitrogen and oxygen atoms in total. The fraction of sp³-hybridized carbons (Fsp3) is 0.364. The standard InChI is InChI=1S/C22H27ClN2O6S/c1-6-25(7-2)32(28,29)20-12-16(9-8-14(20)3)22(27)31-15(4)21(26)24-18-13-17(23)10-11-19(18)30-5/h8-13,15H,6-7H2,1-5H3,(H,24,26)/t15-/m1/s1. The van der Waals surface area contributed by atoms with E-state index in [0.717, 1.165) is 0 Å². The zero-order valence-electron chi connectivity index (χ0n) is 18.6. The molecule has 1 atom stereocenters. The average Bonchev–Trinajstić information content (AvgIpc) is 2.74. The van der Waals surface area contributed by atoms with Crippen LogP contribution in [0.25, 0.3) is 0 Å². The zero-order valence-corrected chi connectivity index (χ0v) is 20.2. The highest BCUT2D eigenvalue weighted by Gasteiger charge is 2.26. The van der Waals surface area contributed by atoms with E-state index in [2.05, 4.69) is 5.32 Å². The van der Waals surface area contributed by atoms with Crippen LogP contribution in [0.3, 0.4) is 0 Å². The molecule has 2 aromatic rings. The van der Waals surface area contributed by atoms with Crippen molar-refractivity contribution in [2.45, 2.75) is 38.7 Å². The van der Waals surface area contributed by atoms with Crippen molar-refractivity contribution in [3.63, 3.8) is 0 Å². The van der Waals surface area contributed by atoms with Gasteiger partial charge in [0.15, 0.2) is 6.10 Å². The summed E-state index contributed by atoms with van der Waals surface area (Å²) in [4.78, 5) is 25.2. The Morgan fingerprint density at radius 3 is 2.38 bits per heavy atom. The number of benzene rings is 2. The lowest BCUT2D eigenvalue weighted by molar-refractivity contribution is -0.123. The van der Waals surface area contributed by atoms with E-state index in [0.29, 0.717) is 35.1 Å². The molecule has 0 aliphatic heterocycles. The Bertz CT molecular complexity index is 1100. The number of hydrogen-bond donors (Lipinski definition) is 1. The number of rotatable bonds is 9. The normalized spacial score (nSPS) is 12.3. The molecular formula is C22H27ClN2O6S. The quantitative estimate of drug-likeness (QED) is 0.544. The predicted octanol–water partition coefficient (Wildman–Crippen LogP) is 3.87. The van der Waals surface area contributed by atoms with Gasteiger partial charge in [0.1, 0.15) is 5.75 Å². The van der Waals surface area contributed by atoms with E-state index in [-0.39, 0.29) is 10.5 Å². The van der Waals surface area contributed by atoms with Crippen LogP contribution >= 0.6 is 11.6 Å². The second kappa shape index (κ2) is 10.8. The summed E-state index contributed by atoms with van der Waals surface area (Å²) < 4.78 is 37.5. The number of sulfonamides is 1. The second-order valence-corrected chi connectivity index (χ2v) is 9.29. The van der Waals surface area contributed by atoms with Crippen molar-refractivity contribution in [1.29, 1.82) is 0 Å². The summed E-state index contributed by atoms with van der Waals surface area (Å²) in [6.07, 6.45) is -1.16. The van der Waals surface area contributed by atoms with Crippen LogP contribution in [0, 0.1) is 6.92 Å². The number of amides is 1. The molecule has 10 heteroatoms. The molecule has 0 spiro atoms. The van der Waals surface area contributed by atoms with Crippen LogP contribution in [0.15, 0.2) is 41.3 Å². The first-order valence-corrected chi connectivity index (χ1v) is 11.8. The van der Waals surface area contributed by atoms with Crippen molar-refractivity contribution < 1.29 is 27.5 Å². The monoisotopic (exact) mass is 482 g/mol. The number of aryl methyl sites for hydroxylation is 1. The number of nitrogens with one attached hydrogen (secondary N) is 1. The number of esters is 1. The highest BCUT2D eigenvalue weighted by molar-refractivity contribution is 7.89. The van der Waals surface area contributed by atoms with Crippen LogP contribution < -0.4 is 10.1 Å². The Morgan fingerprint density at radius 1 is 1.12 bits per heavy atom. The van der Waals surface area contributed by atoms with Crippen LogP contribution in [0.5, 0.6) is 5.75 Å². The van der Waals surface area contributed by atoms with Crippen molar-refractivity contribution in [1.82, 2.24) is 4.31 Å². The van der Waals surface area contributed by atoms with E-state index < -0.39 is 28.0 Å². The van der Waals surface area contributed by atoms with E-state index >= 15 is 0 Å². The molecule has 0 fully saturated rings. The fourth-order valence-electron chi connectivity index (χ4n) is 3.00. The summed E-state index contributed by atoms with van der Waals surface area (Å²) in [5.74, 6) is -1.02. The van der Waals surface area contributed by atoms with Gasteiger partial charge >= 0.3 is 5.97 Å². The largest absolute Gasteiger partial charge is 0.495 e. The van der Waals surface area contributed by atoms with Crippen LogP contribution in [0.2, 0.25) is 5.02 Å².